The van der Waals surface area contributed by atoms with Crippen LogP contribution in [-0.2, 0) is 71.1 Å². The van der Waals surface area contributed by atoms with Crippen LogP contribution in [0.1, 0.15) is 33.6 Å². The summed E-state index contributed by atoms with van der Waals surface area (Å²) in [4.78, 5) is 27.2. The molecule has 22 heterocycles. The molecule has 2 aromatic carbocycles. The van der Waals surface area contributed by atoms with E-state index >= 15 is 0 Å². The van der Waals surface area contributed by atoms with Gasteiger partial charge in [0.15, 0.2) is 37.7 Å². The van der Waals surface area contributed by atoms with Crippen molar-refractivity contribution in [2.45, 2.75) is 197 Å². The summed E-state index contributed by atoms with van der Waals surface area (Å²) in [5, 5.41) is 205. The maximum atomic E-state index is 14.4. The molecule has 24 rings (SSSR count). The zero-order valence-electron chi connectivity index (χ0n) is 53.3. The van der Waals surface area contributed by atoms with Crippen molar-refractivity contribution >= 4 is 23.2 Å². The third-order valence-electron chi connectivity index (χ3n) is 17.5. The molecule has 0 saturated carbocycles. The minimum atomic E-state index is -2.25. The molecule has 22 fully saturated rings. The number of nitrogens with two attached hydrogens (primary N) is 1. The standard InChI is InChI=1S/C60H91N5O34/c61-11-1-13-85-15-17-87-18-16-86-14-2-12-62-53(83)25-3-7-27(8-4-25)64-65-28-9-5-26(6-10-28)54(84)63-35-36(72)55-88-29(19-66)47(35)94-56-42(78)37(73)49(31(21-68)89-56)96-58-44(80)39(75)51(33(23-70)91-58)98-60-46(82)41(77)52(34(24-71)93-60)99-59-45(81)40(76)50(32(22-69)92-59)97-57-43(79)38(74)48(95-55)30(20-67)90-57/h3-10,29-52,55-60,66-82H,1-2,11-24,61H2,(H,62,83)(H,63,84)/t29-,30-,31-,32-,33-,34-,35+,36+,37-,38-,39-,40-,41-,42-,43-,44-,45-,46-,47-,48-,49-,50-,51-,52-,55-,56-,57-,58-,59-,60-/m1/s1. The van der Waals surface area contributed by atoms with Crippen LogP contribution in [0.4, 0.5) is 11.4 Å². The van der Waals surface area contributed by atoms with Gasteiger partial charge >= 0.3 is 0 Å². The van der Waals surface area contributed by atoms with Gasteiger partial charge in [-0.05, 0) is 67.9 Å². The van der Waals surface area contributed by atoms with Crippen molar-refractivity contribution in [3.05, 3.63) is 59.7 Å². The Hall–Kier alpha value is -4.34. The molecule has 21 N–H and O–H groups in total. The quantitative estimate of drug-likeness (QED) is 0.0343. The SMILES string of the molecule is NCCCOCCOCCOCCCNC(=O)c1ccc(N=Nc2ccc(C(=O)N[C@H]3[C@H](O)[C@H]4O[C@H]5[C@H](O)[C@@H](O)[C@@H](O[C@H]6[C@H](O)[C@@H](O)[C@@H](O[C@H]7[C@H](O)[C@@H](O)[C@@H](O[C@H]8[C@H](O)[C@@H](O)[C@@H](O[C@H]9[C@H](O)[C@@H](O)[C@@H](O[C@@H]3[C@@H](CO)O4)O[C@@H]9CO)O[C@@H]8CO)O[C@@H]7CO)O[C@@H]6CO)O[C@@H]5CO)cc2)cc1. The molecule has 39 heteroatoms. The van der Waals surface area contributed by atoms with E-state index in [-0.39, 0.29) is 17.2 Å². The van der Waals surface area contributed by atoms with Gasteiger partial charge < -0.3 is 174 Å². The van der Waals surface area contributed by atoms with Gasteiger partial charge in [-0.1, -0.05) is 0 Å². The van der Waals surface area contributed by atoms with E-state index in [0.29, 0.717) is 70.4 Å². The molecular weight excluding hydrogens is 1330 g/mol. The van der Waals surface area contributed by atoms with Gasteiger partial charge in [-0.3, -0.25) is 9.59 Å². The van der Waals surface area contributed by atoms with E-state index in [1.807, 2.05) is 0 Å². The van der Waals surface area contributed by atoms with Crippen molar-refractivity contribution in [2.75, 3.05) is 92.4 Å². The number of carbonyl (C=O) groups excluding carboxylic acids is 2. The summed E-state index contributed by atoms with van der Waals surface area (Å²) in [6.07, 6.45) is -57.1. The highest BCUT2D eigenvalue weighted by Gasteiger charge is 2.59. The Kier molecular flexibility index (Phi) is 29.8. The number of nitrogens with one attached hydrogen (secondary N) is 2. The van der Waals surface area contributed by atoms with Crippen molar-refractivity contribution in [1.29, 1.82) is 0 Å². The van der Waals surface area contributed by atoms with E-state index in [1.54, 1.807) is 24.3 Å². The second kappa shape index (κ2) is 37.4. The number of hydrogen-bond acceptors (Lipinski definition) is 37. The Morgan fingerprint density at radius 2 is 0.626 bits per heavy atom. The van der Waals surface area contributed by atoms with Gasteiger partial charge in [0.1, 0.15) is 140 Å². The van der Waals surface area contributed by atoms with E-state index in [4.69, 9.17) is 76.8 Å². The lowest BCUT2D eigenvalue weighted by molar-refractivity contribution is -0.401. The Bertz CT molecular complexity index is 2780. The summed E-state index contributed by atoms with van der Waals surface area (Å²) in [5.74, 6) is -1.29. The first kappa shape index (κ1) is 78.8. The van der Waals surface area contributed by atoms with E-state index in [9.17, 15) is 96.4 Å². The lowest BCUT2D eigenvalue weighted by Gasteiger charge is -2.51. The van der Waals surface area contributed by atoms with Crippen molar-refractivity contribution in [3.63, 3.8) is 0 Å². The highest BCUT2D eigenvalue weighted by Crippen LogP contribution is 2.39. The minimum absolute atomic E-state index is 0.104. The summed E-state index contributed by atoms with van der Waals surface area (Å²) >= 11 is 0. The first-order chi connectivity index (χ1) is 47.7. The number of carbonyl (C=O) groups is 2. The van der Waals surface area contributed by atoms with E-state index < -0.39 is 230 Å². The maximum Gasteiger partial charge on any atom is 0.251 e. The van der Waals surface area contributed by atoms with Crippen molar-refractivity contribution < 1.29 is 167 Å². The molecule has 12 bridgehead atoms. The third-order valence-corrected chi connectivity index (χ3v) is 17.5. The number of aliphatic hydroxyl groups excluding tert-OH is 17. The smallest absolute Gasteiger partial charge is 0.251 e. The number of rotatable bonds is 24. The van der Waals surface area contributed by atoms with Gasteiger partial charge in [0.05, 0.1) is 83.5 Å². The van der Waals surface area contributed by atoms with Crippen molar-refractivity contribution in [3.8, 4) is 0 Å². The molecule has 560 valence electrons. The predicted molar refractivity (Wildman–Crippen MR) is 321 cm³/mol. The Labute approximate surface area is 564 Å². The fraction of sp³-hybridized carbons (Fsp3) is 0.767. The second-order valence-corrected chi connectivity index (χ2v) is 24.2. The lowest BCUT2D eigenvalue weighted by atomic mass is 9.93. The van der Waals surface area contributed by atoms with Gasteiger partial charge in [-0.15, -0.1) is 0 Å². The Morgan fingerprint density at radius 1 is 0.354 bits per heavy atom. The zero-order chi connectivity index (χ0) is 71.2. The van der Waals surface area contributed by atoms with Gasteiger partial charge in [-0.25, -0.2) is 0 Å². The topological polar surface area (TPSA) is 591 Å². The first-order valence-corrected chi connectivity index (χ1v) is 32.3. The van der Waals surface area contributed by atoms with E-state index in [1.165, 1.54) is 24.3 Å². The van der Waals surface area contributed by atoms with Crippen molar-refractivity contribution in [1.82, 2.24) is 10.6 Å². The summed E-state index contributed by atoms with van der Waals surface area (Å²) in [5.41, 5.74) is 6.28. The minimum Gasteiger partial charge on any atom is -0.394 e. The number of benzene rings is 2. The lowest BCUT2D eigenvalue weighted by Crippen LogP contribution is -2.70. The average molecular weight is 1430 g/mol. The molecule has 22 aliphatic rings. The van der Waals surface area contributed by atoms with Crippen molar-refractivity contribution in [2.24, 2.45) is 16.0 Å². The molecule has 22 aliphatic heterocycles. The largest absolute Gasteiger partial charge is 0.394 e. The van der Waals surface area contributed by atoms with Crippen LogP contribution in [0.3, 0.4) is 0 Å². The molecule has 22 saturated heterocycles. The summed E-state index contributed by atoms with van der Waals surface area (Å²) in [6.45, 7) is -2.72. The fourth-order valence-corrected chi connectivity index (χ4v) is 12.0. The number of azo groups is 1. The molecule has 2 aromatic rings. The van der Waals surface area contributed by atoms with Gasteiger partial charge in [0.25, 0.3) is 11.8 Å². The molecule has 99 heavy (non-hydrogen) atoms. The molecule has 30 atom stereocenters. The van der Waals surface area contributed by atoms with E-state index in [0.717, 1.165) is 6.42 Å². The van der Waals surface area contributed by atoms with Gasteiger partial charge in [-0.2, -0.15) is 10.2 Å². The summed E-state index contributed by atoms with van der Waals surface area (Å²) < 4.78 is 86.6. The van der Waals surface area contributed by atoms with Crippen LogP contribution in [0, 0.1) is 0 Å². The van der Waals surface area contributed by atoms with Crippen LogP contribution >= 0.6 is 0 Å². The molecule has 0 aromatic heterocycles. The number of ether oxygens (including phenoxy) is 15. The van der Waals surface area contributed by atoms with Crippen LogP contribution < -0.4 is 16.4 Å². The highest BCUT2D eigenvalue weighted by molar-refractivity contribution is 5.95. The molecular formula is C60H91N5O34. The summed E-state index contributed by atoms with van der Waals surface area (Å²) in [6, 6.07) is 9.76. The number of hydrogen-bond donors (Lipinski definition) is 20. The molecule has 2 amide bonds. The summed E-state index contributed by atoms with van der Waals surface area (Å²) in [7, 11) is 0. The molecule has 0 aliphatic carbocycles. The predicted octanol–water partition coefficient (Wildman–Crippen LogP) is -9.68. The van der Waals surface area contributed by atoms with Crippen LogP contribution in [0.25, 0.3) is 0 Å². The Balaban J connectivity index is 0.922. The second-order valence-electron chi connectivity index (χ2n) is 24.2. The highest BCUT2D eigenvalue weighted by atomic mass is 16.8. The maximum absolute atomic E-state index is 14.4. The fourth-order valence-electron chi connectivity index (χ4n) is 12.0. The van der Waals surface area contributed by atoms with Gasteiger partial charge in [0, 0.05) is 30.9 Å². The number of amides is 2. The average Bonchev–Trinajstić information content (AvgIpc) is 0.775. The molecule has 0 radical (unpaired) electrons. The molecule has 0 spiro atoms. The van der Waals surface area contributed by atoms with Crippen LogP contribution in [0.15, 0.2) is 58.8 Å². The Morgan fingerprint density at radius 3 is 0.939 bits per heavy atom. The van der Waals surface area contributed by atoms with Gasteiger partial charge in [0.2, 0.25) is 0 Å². The van der Waals surface area contributed by atoms with Crippen LogP contribution in [0.2, 0.25) is 0 Å². The normalized spacial score (nSPS) is 40.7. The van der Waals surface area contributed by atoms with E-state index in [2.05, 4.69) is 20.9 Å². The first-order valence-electron chi connectivity index (χ1n) is 32.3. The monoisotopic (exact) mass is 1430 g/mol. The number of aliphatic hydroxyl groups is 17. The molecule has 39 nitrogen and oxygen atoms in total. The number of nitrogens with zero attached hydrogens (tertiary/aromatic N) is 2. The zero-order valence-corrected chi connectivity index (χ0v) is 53.3. The molecule has 0 unspecified atom stereocenters. The third kappa shape index (κ3) is 19.0. The van der Waals surface area contributed by atoms with Crippen LogP contribution in [-0.4, -0.2) is 375 Å². The van der Waals surface area contributed by atoms with Crippen LogP contribution in [0.5, 0.6) is 0 Å².